The van der Waals surface area contributed by atoms with Gasteiger partial charge in [0.25, 0.3) is 0 Å². The van der Waals surface area contributed by atoms with Crippen LogP contribution in [0.4, 0.5) is 5.69 Å². The standard InChI is InChI=1S/C17H24N4O2.2ClH/c22-15(21-14-4-8-18-9-5-14)6-10-20-16(23)17-7-2-1-3-13(17)11-19-12-17;;/h4-5,8-9,13,19H,1-3,6-7,10-12H2,(H,20,23)(H,18,21,22);2*1H/t13-,17+;;/m0../s1. The van der Waals surface area contributed by atoms with E-state index in [2.05, 4.69) is 20.9 Å². The van der Waals surface area contributed by atoms with Crippen molar-refractivity contribution in [2.45, 2.75) is 32.1 Å². The zero-order valence-electron chi connectivity index (χ0n) is 14.1. The maximum atomic E-state index is 12.7. The molecule has 1 aromatic heterocycles. The number of hydrogen-bond donors (Lipinski definition) is 3. The van der Waals surface area contributed by atoms with E-state index in [1.165, 1.54) is 6.42 Å². The molecular weight excluding hydrogens is 363 g/mol. The van der Waals surface area contributed by atoms with Gasteiger partial charge in [-0.3, -0.25) is 14.6 Å². The van der Waals surface area contributed by atoms with E-state index in [-0.39, 0.29) is 48.5 Å². The van der Waals surface area contributed by atoms with Crippen molar-refractivity contribution in [1.29, 1.82) is 0 Å². The predicted octanol–water partition coefficient (Wildman–Crippen LogP) is 2.15. The van der Waals surface area contributed by atoms with E-state index in [0.717, 1.165) is 38.0 Å². The van der Waals surface area contributed by atoms with Gasteiger partial charge in [0.2, 0.25) is 11.8 Å². The van der Waals surface area contributed by atoms with Crippen LogP contribution in [0.1, 0.15) is 32.1 Å². The molecule has 2 fully saturated rings. The van der Waals surface area contributed by atoms with Crippen LogP contribution < -0.4 is 16.0 Å². The first-order chi connectivity index (χ1) is 11.2. The summed E-state index contributed by atoms with van der Waals surface area (Å²) in [7, 11) is 0. The summed E-state index contributed by atoms with van der Waals surface area (Å²) in [5.41, 5.74) is 0.474. The topological polar surface area (TPSA) is 83.1 Å². The van der Waals surface area contributed by atoms with Crippen LogP contribution in [0.15, 0.2) is 24.5 Å². The Hall–Kier alpha value is -1.37. The van der Waals surface area contributed by atoms with Crippen LogP contribution in [0.5, 0.6) is 0 Å². The summed E-state index contributed by atoms with van der Waals surface area (Å²) < 4.78 is 0. The van der Waals surface area contributed by atoms with Crippen molar-refractivity contribution in [3.63, 3.8) is 0 Å². The summed E-state index contributed by atoms with van der Waals surface area (Å²) in [5.74, 6) is 0.463. The Bertz CT molecular complexity index is 573. The van der Waals surface area contributed by atoms with Crippen molar-refractivity contribution in [2.24, 2.45) is 11.3 Å². The van der Waals surface area contributed by atoms with E-state index in [9.17, 15) is 9.59 Å². The molecule has 0 radical (unpaired) electrons. The molecular formula is C17H26Cl2N4O2. The average molecular weight is 389 g/mol. The number of rotatable bonds is 5. The molecule has 140 valence electrons. The highest BCUT2D eigenvalue weighted by molar-refractivity contribution is 5.91. The molecule has 25 heavy (non-hydrogen) atoms. The molecule has 6 nitrogen and oxygen atoms in total. The Morgan fingerprint density at radius 1 is 1.24 bits per heavy atom. The number of fused-ring (bicyclic) bond motifs is 1. The minimum absolute atomic E-state index is 0. The fourth-order valence-corrected chi connectivity index (χ4v) is 3.81. The predicted molar refractivity (Wildman–Crippen MR) is 102 cm³/mol. The normalized spacial score (nSPS) is 24.2. The molecule has 0 aromatic carbocycles. The second kappa shape index (κ2) is 9.94. The number of nitrogens with one attached hydrogen (secondary N) is 3. The van der Waals surface area contributed by atoms with Crippen LogP contribution in [0.25, 0.3) is 0 Å². The Labute approximate surface area is 160 Å². The monoisotopic (exact) mass is 388 g/mol. The van der Waals surface area contributed by atoms with E-state index in [0.29, 0.717) is 12.5 Å². The zero-order valence-corrected chi connectivity index (χ0v) is 15.8. The van der Waals surface area contributed by atoms with Crippen LogP contribution >= 0.6 is 24.8 Å². The lowest BCUT2D eigenvalue weighted by molar-refractivity contribution is -0.134. The van der Waals surface area contributed by atoms with Gasteiger partial charge in [0, 0.05) is 37.6 Å². The number of hydrogen-bond acceptors (Lipinski definition) is 4. The summed E-state index contributed by atoms with van der Waals surface area (Å²) in [6.45, 7) is 2.09. The van der Waals surface area contributed by atoms with E-state index in [1.807, 2.05) is 0 Å². The van der Waals surface area contributed by atoms with Gasteiger partial charge in [-0.15, -0.1) is 24.8 Å². The first kappa shape index (κ1) is 21.7. The molecule has 2 aliphatic rings. The molecule has 1 aliphatic heterocycles. The van der Waals surface area contributed by atoms with Gasteiger partial charge in [0.1, 0.15) is 0 Å². The Morgan fingerprint density at radius 2 is 2.00 bits per heavy atom. The quantitative estimate of drug-likeness (QED) is 0.721. The molecule has 1 aromatic rings. The molecule has 0 bridgehead atoms. The van der Waals surface area contributed by atoms with Gasteiger partial charge < -0.3 is 16.0 Å². The minimum atomic E-state index is -0.250. The maximum absolute atomic E-state index is 12.7. The lowest BCUT2D eigenvalue weighted by atomic mass is 9.67. The van der Waals surface area contributed by atoms with Crippen LogP contribution in [-0.4, -0.2) is 36.4 Å². The van der Waals surface area contributed by atoms with Crippen LogP contribution in [0, 0.1) is 11.3 Å². The molecule has 0 unspecified atom stereocenters. The SMILES string of the molecule is Cl.Cl.O=C(CCNC(=O)[C@@]12CCCC[C@H]1CNC2)Nc1ccncc1. The highest BCUT2D eigenvalue weighted by Gasteiger charge is 2.49. The molecule has 0 spiro atoms. The first-order valence-corrected chi connectivity index (χ1v) is 8.40. The van der Waals surface area contributed by atoms with Gasteiger partial charge in [-0.25, -0.2) is 0 Å². The molecule has 2 atom stereocenters. The summed E-state index contributed by atoms with van der Waals surface area (Å²) in [6.07, 6.45) is 7.97. The lowest BCUT2D eigenvalue weighted by Crippen LogP contribution is -2.48. The number of nitrogens with zero attached hydrogens (tertiary/aromatic N) is 1. The van der Waals surface area contributed by atoms with E-state index in [4.69, 9.17) is 0 Å². The number of anilines is 1. The second-order valence-corrected chi connectivity index (χ2v) is 6.52. The first-order valence-electron chi connectivity index (χ1n) is 8.40. The zero-order chi connectivity index (χ0) is 16.1. The van der Waals surface area contributed by atoms with Crippen LogP contribution in [0.3, 0.4) is 0 Å². The third-order valence-corrected chi connectivity index (χ3v) is 5.09. The Morgan fingerprint density at radius 3 is 2.76 bits per heavy atom. The average Bonchev–Trinajstić information content (AvgIpc) is 3.01. The van der Waals surface area contributed by atoms with Crippen molar-refractivity contribution in [1.82, 2.24) is 15.6 Å². The van der Waals surface area contributed by atoms with Gasteiger partial charge in [-0.05, 0) is 37.4 Å². The summed E-state index contributed by atoms with van der Waals surface area (Å²) in [4.78, 5) is 28.5. The molecule has 1 aliphatic carbocycles. The fraction of sp³-hybridized carbons (Fsp3) is 0.588. The largest absolute Gasteiger partial charge is 0.355 e. The number of amides is 2. The summed E-state index contributed by atoms with van der Waals surface area (Å²) >= 11 is 0. The van der Waals surface area contributed by atoms with Gasteiger partial charge in [-0.2, -0.15) is 0 Å². The second-order valence-electron chi connectivity index (χ2n) is 6.52. The maximum Gasteiger partial charge on any atom is 0.227 e. The number of halogens is 2. The Kier molecular flexibility index (Phi) is 8.62. The van der Waals surface area contributed by atoms with Crippen LogP contribution in [-0.2, 0) is 9.59 Å². The molecule has 3 rings (SSSR count). The molecule has 1 saturated carbocycles. The lowest BCUT2D eigenvalue weighted by Gasteiger charge is -2.37. The van der Waals surface area contributed by atoms with Gasteiger partial charge in [0.05, 0.1) is 5.41 Å². The van der Waals surface area contributed by atoms with Crippen LogP contribution in [0.2, 0.25) is 0 Å². The highest BCUT2D eigenvalue weighted by Crippen LogP contribution is 2.43. The van der Waals surface area contributed by atoms with Gasteiger partial charge >= 0.3 is 0 Å². The summed E-state index contributed by atoms with van der Waals surface area (Å²) in [6, 6.07) is 3.48. The highest BCUT2D eigenvalue weighted by atomic mass is 35.5. The van der Waals surface area contributed by atoms with Gasteiger partial charge in [0.15, 0.2) is 0 Å². The van der Waals surface area contributed by atoms with Crippen molar-refractivity contribution >= 4 is 42.3 Å². The smallest absolute Gasteiger partial charge is 0.227 e. The molecule has 2 heterocycles. The number of pyridine rings is 1. The van der Waals surface area contributed by atoms with E-state index in [1.54, 1.807) is 24.5 Å². The number of carbonyl (C=O) groups is 2. The summed E-state index contributed by atoms with van der Waals surface area (Å²) in [5, 5.41) is 9.15. The third-order valence-electron chi connectivity index (χ3n) is 5.09. The van der Waals surface area contributed by atoms with Crippen molar-refractivity contribution < 1.29 is 9.59 Å². The minimum Gasteiger partial charge on any atom is -0.355 e. The molecule has 8 heteroatoms. The number of carbonyl (C=O) groups excluding carboxylic acids is 2. The van der Waals surface area contributed by atoms with E-state index >= 15 is 0 Å². The van der Waals surface area contributed by atoms with Gasteiger partial charge in [-0.1, -0.05) is 12.8 Å². The molecule has 2 amide bonds. The van der Waals surface area contributed by atoms with E-state index < -0.39 is 0 Å². The van der Waals surface area contributed by atoms with Crippen molar-refractivity contribution in [2.75, 3.05) is 25.0 Å². The fourth-order valence-electron chi connectivity index (χ4n) is 3.81. The van der Waals surface area contributed by atoms with Crippen molar-refractivity contribution in [3.8, 4) is 0 Å². The van der Waals surface area contributed by atoms with Crippen molar-refractivity contribution in [3.05, 3.63) is 24.5 Å². The Balaban J connectivity index is 0.00000156. The molecule has 3 N–H and O–H groups in total. The molecule has 1 saturated heterocycles. The number of aromatic nitrogens is 1. The third kappa shape index (κ3) is 5.06.